The molecule has 2 amide bonds. The average molecular weight is 306 g/mol. The van der Waals surface area contributed by atoms with E-state index < -0.39 is 6.04 Å². The highest BCUT2D eigenvalue weighted by Gasteiger charge is 2.35. The van der Waals surface area contributed by atoms with Gasteiger partial charge in [-0.05, 0) is 6.42 Å². The lowest BCUT2D eigenvalue weighted by Gasteiger charge is -2.20. The van der Waals surface area contributed by atoms with E-state index in [4.69, 9.17) is 9.47 Å². The molecule has 8 heteroatoms. The van der Waals surface area contributed by atoms with Gasteiger partial charge in [0.05, 0.1) is 13.7 Å². The molecule has 2 fully saturated rings. The third-order valence-electron chi connectivity index (χ3n) is 3.85. The van der Waals surface area contributed by atoms with Crippen molar-refractivity contribution in [2.75, 3.05) is 20.2 Å². The number of carbonyl (C=O) groups excluding carboxylic acids is 2. The maximum absolute atomic E-state index is 12.3. The molecule has 22 heavy (non-hydrogen) atoms. The molecule has 0 saturated carbocycles. The van der Waals surface area contributed by atoms with Crippen molar-refractivity contribution in [3.05, 3.63) is 12.4 Å². The van der Waals surface area contributed by atoms with Gasteiger partial charge in [0.2, 0.25) is 11.8 Å². The molecule has 2 atom stereocenters. The van der Waals surface area contributed by atoms with E-state index >= 15 is 0 Å². The fourth-order valence-electron chi connectivity index (χ4n) is 2.74. The van der Waals surface area contributed by atoms with Crippen molar-refractivity contribution < 1.29 is 19.1 Å². The summed E-state index contributed by atoms with van der Waals surface area (Å²) >= 11 is 0. The normalized spacial score (nSPS) is 24.2. The van der Waals surface area contributed by atoms with Crippen molar-refractivity contribution in [2.24, 2.45) is 0 Å². The van der Waals surface area contributed by atoms with E-state index in [0.717, 1.165) is 0 Å². The number of nitrogens with one attached hydrogen (secondary N) is 1. The molecule has 1 N–H and O–H groups in total. The van der Waals surface area contributed by atoms with Gasteiger partial charge in [0.1, 0.15) is 12.1 Å². The zero-order valence-corrected chi connectivity index (χ0v) is 12.3. The van der Waals surface area contributed by atoms with Gasteiger partial charge >= 0.3 is 0 Å². The number of likely N-dealkylation sites (tertiary alicyclic amines) is 1. The molecule has 2 unspecified atom stereocenters. The molecule has 3 heterocycles. The van der Waals surface area contributed by atoms with Crippen LogP contribution in [0.25, 0.3) is 0 Å². The summed E-state index contributed by atoms with van der Waals surface area (Å²) < 4.78 is 10.9. The molecule has 2 aliphatic heterocycles. The molecule has 0 spiro atoms. The lowest BCUT2D eigenvalue weighted by Crippen LogP contribution is -2.44. The predicted molar refractivity (Wildman–Crippen MR) is 75.4 cm³/mol. The monoisotopic (exact) mass is 306 g/mol. The van der Waals surface area contributed by atoms with Crippen LogP contribution < -0.4 is 14.8 Å². The van der Waals surface area contributed by atoms with E-state index in [1.54, 1.807) is 4.90 Å². The van der Waals surface area contributed by atoms with Gasteiger partial charge in [-0.15, -0.1) is 0 Å². The number of hydrogen-bond acceptors (Lipinski definition) is 6. The molecule has 0 aromatic carbocycles. The number of ether oxygens (including phenoxy) is 2. The number of hydrogen-bond donors (Lipinski definition) is 1. The van der Waals surface area contributed by atoms with Gasteiger partial charge in [-0.2, -0.15) is 0 Å². The van der Waals surface area contributed by atoms with Crippen LogP contribution in [-0.2, 0) is 9.59 Å². The molecule has 2 aliphatic rings. The van der Waals surface area contributed by atoms with Crippen LogP contribution in [0.1, 0.15) is 19.3 Å². The Hall–Kier alpha value is -2.38. The Kier molecular flexibility index (Phi) is 4.08. The topological polar surface area (TPSA) is 93.7 Å². The summed E-state index contributed by atoms with van der Waals surface area (Å²) in [5.41, 5.74) is 0. The number of methoxy groups -OCH3 is 1. The van der Waals surface area contributed by atoms with Gasteiger partial charge in [0.25, 0.3) is 11.8 Å². The van der Waals surface area contributed by atoms with Gasteiger partial charge in [0.15, 0.2) is 0 Å². The Morgan fingerprint density at radius 3 is 2.77 bits per heavy atom. The van der Waals surface area contributed by atoms with E-state index in [1.807, 2.05) is 0 Å². The third-order valence-corrected chi connectivity index (χ3v) is 3.85. The molecule has 8 nitrogen and oxygen atoms in total. The van der Waals surface area contributed by atoms with Gasteiger partial charge in [-0.1, -0.05) is 0 Å². The number of nitrogens with zero attached hydrogens (tertiary/aromatic N) is 3. The molecular formula is C14H18N4O4. The highest BCUT2D eigenvalue weighted by Crippen LogP contribution is 2.24. The summed E-state index contributed by atoms with van der Waals surface area (Å²) in [6, 6.07) is -0.391. The largest absolute Gasteiger partial charge is 0.477 e. The Balaban J connectivity index is 1.58. The molecule has 3 rings (SSSR count). The first kappa shape index (κ1) is 14.6. The highest BCUT2D eigenvalue weighted by atomic mass is 16.5. The molecule has 0 aliphatic carbocycles. The van der Waals surface area contributed by atoms with E-state index in [1.165, 1.54) is 19.5 Å². The van der Waals surface area contributed by atoms with Crippen LogP contribution >= 0.6 is 0 Å². The second-order valence-corrected chi connectivity index (χ2v) is 5.34. The van der Waals surface area contributed by atoms with Crippen LogP contribution in [0.3, 0.4) is 0 Å². The van der Waals surface area contributed by atoms with Gasteiger partial charge < -0.3 is 19.7 Å². The van der Waals surface area contributed by atoms with Crippen LogP contribution in [0.15, 0.2) is 12.4 Å². The van der Waals surface area contributed by atoms with E-state index in [2.05, 4.69) is 15.3 Å². The first-order valence-electron chi connectivity index (χ1n) is 7.27. The molecule has 2 saturated heterocycles. The Labute approximate surface area is 127 Å². The minimum absolute atomic E-state index is 0.0388. The van der Waals surface area contributed by atoms with E-state index in [9.17, 15) is 9.59 Å². The fourth-order valence-corrected chi connectivity index (χ4v) is 2.74. The minimum atomic E-state index is -0.391. The lowest BCUT2D eigenvalue weighted by atomic mass is 10.2. The Morgan fingerprint density at radius 2 is 2.09 bits per heavy atom. The summed E-state index contributed by atoms with van der Waals surface area (Å²) in [7, 11) is 1.50. The average Bonchev–Trinajstić information content (AvgIpc) is 3.16. The van der Waals surface area contributed by atoms with Crippen molar-refractivity contribution in [3.63, 3.8) is 0 Å². The van der Waals surface area contributed by atoms with Crippen molar-refractivity contribution in [2.45, 2.75) is 31.4 Å². The summed E-state index contributed by atoms with van der Waals surface area (Å²) in [4.78, 5) is 33.4. The molecule has 1 aromatic heterocycles. The quantitative estimate of drug-likeness (QED) is 0.824. The van der Waals surface area contributed by atoms with Crippen LogP contribution in [-0.4, -0.2) is 59.0 Å². The second kappa shape index (κ2) is 6.17. The molecule has 0 radical (unpaired) electrons. The number of aromatic nitrogens is 2. The smallest absolute Gasteiger partial charge is 0.278 e. The maximum Gasteiger partial charge on any atom is 0.278 e. The fraction of sp³-hybridized carbons (Fsp3) is 0.571. The SMILES string of the molecule is COc1nccnc1OC1CCN(C(=O)C2CCC(=O)N2)C1. The molecular weight excluding hydrogens is 288 g/mol. The standard InChI is InChI=1S/C14H18N4O4/c1-21-12-13(16-6-5-15-12)22-9-4-7-18(8-9)14(20)10-2-3-11(19)17-10/h5-6,9-10H,2-4,7-8H2,1H3,(H,17,19). The summed E-state index contributed by atoms with van der Waals surface area (Å²) in [6.45, 7) is 1.09. The third kappa shape index (κ3) is 2.95. The van der Waals surface area contributed by atoms with Crippen LogP contribution in [0, 0.1) is 0 Å². The summed E-state index contributed by atoms with van der Waals surface area (Å²) in [5, 5.41) is 2.70. The zero-order chi connectivity index (χ0) is 15.5. The molecule has 1 aromatic rings. The van der Waals surface area contributed by atoms with Crippen LogP contribution in [0.2, 0.25) is 0 Å². The first-order chi connectivity index (χ1) is 10.7. The lowest BCUT2D eigenvalue weighted by molar-refractivity contribution is -0.133. The minimum Gasteiger partial charge on any atom is -0.477 e. The predicted octanol–water partition coefficient (Wildman–Crippen LogP) is -0.256. The Bertz CT molecular complexity index is 580. The van der Waals surface area contributed by atoms with Gasteiger partial charge in [0, 0.05) is 31.8 Å². The van der Waals surface area contributed by atoms with Crippen LogP contribution in [0.4, 0.5) is 0 Å². The van der Waals surface area contributed by atoms with E-state index in [0.29, 0.717) is 44.1 Å². The van der Waals surface area contributed by atoms with Gasteiger partial charge in [-0.25, -0.2) is 9.97 Å². The molecule has 0 bridgehead atoms. The summed E-state index contributed by atoms with van der Waals surface area (Å²) in [6.07, 6.45) is 4.61. The number of amides is 2. The first-order valence-corrected chi connectivity index (χ1v) is 7.27. The van der Waals surface area contributed by atoms with E-state index in [-0.39, 0.29) is 17.9 Å². The van der Waals surface area contributed by atoms with Gasteiger partial charge in [-0.3, -0.25) is 9.59 Å². The second-order valence-electron chi connectivity index (χ2n) is 5.34. The van der Waals surface area contributed by atoms with Crippen molar-refractivity contribution >= 4 is 11.8 Å². The number of rotatable bonds is 4. The maximum atomic E-state index is 12.3. The van der Waals surface area contributed by atoms with Crippen molar-refractivity contribution in [3.8, 4) is 11.8 Å². The Morgan fingerprint density at radius 1 is 1.32 bits per heavy atom. The molecule has 118 valence electrons. The van der Waals surface area contributed by atoms with Crippen molar-refractivity contribution in [1.29, 1.82) is 0 Å². The van der Waals surface area contributed by atoms with Crippen LogP contribution in [0.5, 0.6) is 11.8 Å². The van der Waals surface area contributed by atoms with Crippen molar-refractivity contribution in [1.82, 2.24) is 20.2 Å². The highest BCUT2D eigenvalue weighted by molar-refractivity contribution is 5.90. The summed E-state index contributed by atoms with van der Waals surface area (Å²) in [5.74, 6) is 0.562. The zero-order valence-electron chi connectivity index (χ0n) is 12.3. The number of carbonyl (C=O) groups is 2.